The molecule has 0 saturated carbocycles. The van der Waals surface area contributed by atoms with Crippen molar-refractivity contribution in [1.29, 1.82) is 0 Å². The van der Waals surface area contributed by atoms with Gasteiger partial charge in [-0.2, -0.15) is 5.10 Å². The van der Waals surface area contributed by atoms with E-state index in [0.717, 1.165) is 54.1 Å². The molecule has 1 N–H and O–H groups in total. The van der Waals surface area contributed by atoms with Crippen LogP contribution in [0.4, 0.5) is 0 Å². The number of aromatic nitrogens is 2. The van der Waals surface area contributed by atoms with Crippen LogP contribution in [0.2, 0.25) is 0 Å². The van der Waals surface area contributed by atoms with Crippen LogP contribution in [0.15, 0.2) is 16.7 Å². The average Bonchev–Trinajstić information content (AvgIpc) is 2.95. The van der Waals surface area contributed by atoms with Gasteiger partial charge in [0.05, 0.1) is 11.7 Å². The lowest BCUT2D eigenvalue weighted by molar-refractivity contribution is -0.0366. The normalized spacial score (nSPS) is 19.0. The number of nitrogens with zero attached hydrogens (tertiary/aromatic N) is 2. The minimum absolute atomic E-state index is 0.0674. The van der Waals surface area contributed by atoms with E-state index in [1.165, 1.54) is 17.5 Å². The number of rotatable bonds is 5. The molecule has 5 heteroatoms. The summed E-state index contributed by atoms with van der Waals surface area (Å²) in [6, 6.07) is 2.22. The van der Waals surface area contributed by atoms with E-state index in [1.54, 1.807) is 0 Å². The first-order valence-corrected chi connectivity index (χ1v) is 8.89. The first kappa shape index (κ1) is 16.0. The zero-order valence-corrected chi connectivity index (χ0v) is 14.6. The molecule has 0 aliphatic carbocycles. The summed E-state index contributed by atoms with van der Waals surface area (Å²) < 4.78 is 9.05. The fourth-order valence-electron chi connectivity index (χ4n) is 3.18. The summed E-state index contributed by atoms with van der Waals surface area (Å²) in [6.07, 6.45) is 8.21. The topological polar surface area (TPSA) is 47.3 Å². The Balaban J connectivity index is 1.95. The van der Waals surface area contributed by atoms with Gasteiger partial charge in [-0.15, -0.1) is 0 Å². The molecule has 1 aliphatic rings. The highest BCUT2D eigenvalue weighted by molar-refractivity contribution is 9.10. The molecule has 1 atom stereocenters. The van der Waals surface area contributed by atoms with Gasteiger partial charge in [-0.25, -0.2) is 4.68 Å². The third-order valence-corrected chi connectivity index (χ3v) is 5.33. The number of ether oxygens (including phenoxy) is 1. The van der Waals surface area contributed by atoms with Crippen LogP contribution in [0.1, 0.15) is 49.5 Å². The lowest BCUT2D eigenvalue weighted by Gasteiger charge is -2.23. The summed E-state index contributed by atoms with van der Waals surface area (Å²) in [5.41, 5.74) is 3.74. The van der Waals surface area contributed by atoms with Gasteiger partial charge >= 0.3 is 0 Å². The number of halogens is 1. The van der Waals surface area contributed by atoms with Crippen molar-refractivity contribution in [3.8, 4) is 0 Å². The van der Waals surface area contributed by atoms with Gasteiger partial charge in [0, 0.05) is 23.1 Å². The van der Waals surface area contributed by atoms with Gasteiger partial charge in [0.15, 0.2) is 6.23 Å². The number of aryl methyl sites for hydroxylation is 1. The first-order valence-electron chi connectivity index (χ1n) is 8.10. The number of benzene rings is 1. The van der Waals surface area contributed by atoms with E-state index in [2.05, 4.69) is 34.0 Å². The lowest BCUT2D eigenvalue weighted by atomic mass is 10.0. The molecule has 1 saturated heterocycles. The van der Waals surface area contributed by atoms with Gasteiger partial charge in [0.2, 0.25) is 0 Å². The van der Waals surface area contributed by atoms with E-state index in [1.807, 2.05) is 10.9 Å². The van der Waals surface area contributed by atoms with E-state index >= 15 is 0 Å². The SMILES string of the molecule is Cc1cc2c(cnn2C2CCCCO2)c(Br)c1CCCCO. The molecule has 1 aromatic carbocycles. The Morgan fingerprint density at radius 2 is 2.27 bits per heavy atom. The van der Waals surface area contributed by atoms with Crippen molar-refractivity contribution in [2.24, 2.45) is 0 Å². The number of aliphatic hydroxyl groups excluding tert-OH is 1. The molecule has 0 spiro atoms. The molecule has 4 nitrogen and oxygen atoms in total. The molecule has 1 fully saturated rings. The molecular weight excluding hydrogens is 344 g/mol. The second-order valence-corrected chi connectivity index (χ2v) is 6.80. The van der Waals surface area contributed by atoms with Gasteiger partial charge in [-0.3, -0.25) is 0 Å². The van der Waals surface area contributed by atoms with Crippen LogP contribution in [-0.2, 0) is 11.2 Å². The second-order valence-electron chi connectivity index (χ2n) is 6.01. The van der Waals surface area contributed by atoms with Gasteiger partial charge in [-0.1, -0.05) is 0 Å². The molecule has 2 heterocycles. The smallest absolute Gasteiger partial charge is 0.150 e. The number of hydrogen-bond acceptors (Lipinski definition) is 3. The molecule has 3 rings (SSSR count). The van der Waals surface area contributed by atoms with E-state index in [-0.39, 0.29) is 12.8 Å². The maximum absolute atomic E-state index is 8.96. The summed E-state index contributed by atoms with van der Waals surface area (Å²) in [5.74, 6) is 0. The minimum atomic E-state index is 0.0674. The van der Waals surface area contributed by atoms with E-state index < -0.39 is 0 Å². The van der Waals surface area contributed by atoms with Crippen molar-refractivity contribution < 1.29 is 9.84 Å². The highest BCUT2D eigenvalue weighted by atomic mass is 79.9. The second kappa shape index (κ2) is 7.11. The van der Waals surface area contributed by atoms with Gasteiger partial charge < -0.3 is 9.84 Å². The highest BCUT2D eigenvalue weighted by Gasteiger charge is 2.20. The van der Waals surface area contributed by atoms with E-state index in [9.17, 15) is 0 Å². The summed E-state index contributed by atoms with van der Waals surface area (Å²) in [5, 5.41) is 14.7. The van der Waals surface area contributed by atoms with Crippen molar-refractivity contribution >= 4 is 26.8 Å². The summed E-state index contributed by atoms with van der Waals surface area (Å²) in [6.45, 7) is 3.23. The van der Waals surface area contributed by atoms with Crippen molar-refractivity contribution in [3.05, 3.63) is 27.9 Å². The molecule has 1 aliphatic heterocycles. The summed E-state index contributed by atoms with van der Waals surface area (Å²) >= 11 is 3.77. The lowest BCUT2D eigenvalue weighted by Crippen LogP contribution is -2.19. The molecule has 120 valence electrons. The van der Waals surface area contributed by atoms with Crippen LogP contribution in [0.3, 0.4) is 0 Å². The quantitative estimate of drug-likeness (QED) is 0.809. The Morgan fingerprint density at radius 3 is 3.00 bits per heavy atom. The molecular formula is C17H23BrN2O2. The average molecular weight is 367 g/mol. The van der Waals surface area contributed by atoms with Crippen molar-refractivity contribution in [2.75, 3.05) is 13.2 Å². The fraction of sp³-hybridized carbons (Fsp3) is 0.588. The molecule has 0 radical (unpaired) electrons. The van der Waals surface area contributed by atoms with Gasteiger partial charge in [0.1, 0.15) is 0 Å². The van der Waals surface area contributed by atoms with Crippen LogP contribution in [0, 0.1) is 6.92 Å². The fourth-order valence-corrected chi connectivity index (χ4v) is 4.00. The van der Waals surface area contributed by atoms with Crippen LogP contribution in [0.5, 0.6) is 0 Å². The molecule has 0 bridgehead atoms. The monoisotopic (exact) mass is 366 g/mol. The Kier molecular flexibility index (Phi) is 5.16. The first-order chi connectivity index (χ1) is 10.7. The Hall–Kier alpha value is -0.910. The molecule has 1 unspecified atom stereocenters. The number of unbranched alkanes of at least 4 members (excludes halogenated alkanes) is 1. The van der Waals surface area contributed by atoms with Crippen LogP contribution in [-0.4, -0.2) is 28.1 Å². The maximum Gasteiger partial charge on any atom is 0.150 e. The van der Waals surface area contributed by atoms with Gasteiger partial charge in [0.25, 0.3) is 0 Å². The van der Waals surface area contributed by atoms with E-state index in [0.29, 0.717) is 0 Å². The zero-order valence-electron chi connectivity index (χ0n) is 13.0. The largest absolute Gasteiger partial charge is 0.396 e. The standard InChI is InChI=1S/C17H23BrN2O2/c1-12-10-15-14(17(18)13(12)6-2-4-8-21)11-19-20(15)16-7-3-5-9-22-16/h10-11,16,21H,2-9H2,1H3. The van der Waals surface area contributed by atoms with Crippen molar-refractivity contribution in [2.45, 2.75) is 51.7 Å². The number of fused-ring (bicyclic) bond motifs is 1. The third kappa shape index (κ3) is 3.07. The van der Waals surface area contributed by atoms with Crippen LogP contribution < -0.4 is 0 Å². The summed E-state index contributed by atoms with van der Waals surface area (Å²) in [4.78, 5) is 0. The van der Waals surface area contributed by atoms with Crippen LogP contribution >= 0.6 is 15.9 Å². The Labute approximate surface area is 139 Å². The Bertz CT molecular complexity index is 648. The predicted molar refractivity (Wildman–Crippen MR) is 91.0 cm³/mol. The number of hydrogen-bond donors (Lipinski definition) is 1. The molecule has 2 aromatic rings. The minimum Gasteiger partial charge on any atom is -0.396 e. The third-order valence-electron chi connectivity index (χ3n) is 4.43. The Morgan fingerprint density at radius 1 is 1.41 bits per heavy atom. The van der Waals surface area contributed by atoms with Gasteiger partial charge in [-0.05, 0) is 78.6 Å². The van der Waals surface area contributed by atoms with E-state index in [4.69, 9.17) is 9.84 Å². The summed E-state index contributed by atoms with van der Waals surface area (Å²) in [7, 11) is 0. The maximum atomic E-state index is 8.96. The predicted octanol–water partition coefficient (Wildman–Crippen LogP) is 4.12. The number of aliphatic hydroxyl groups is 1. The highest BCUT2D eigenvalue weighted by Crippen LogP contribution is 2.34. The van der Waals surface area contributed by atoms with Crippen molar-refractivity contribution in [3.63, 3.8) is 0 Å². The zero-order chi connectivity index (χ0) is 15.5. The molecule has 1 aromatic heterocycles. The molecule has 22 heavy (non-hydrogen) atoms. The van der Waals surface area contributed by atoms with Crippen molar-refractivity contribution in [1.82, 2.24) is 9.78 Å². The molecule has 0 amide bonds. The van der Waals surface area contributed by atoms with Crippen LogP contribution in [0.25, 0.3) is 10.9 Å².